The van der Waals surface area contributed by atoms with E-state index < -0.39 is 24.0 Å². The van der Waals surface area contributed by atoms with Gasteiger partial charge in [0.05, 0.1) is 19.1 Å². The van der Waals surface area contributed by atoms with Gasteiger partial charge in [-0.15, -0.1) is 0 Å². The summed E-state index contributed by atoms with van der Waals surface area (Å²) in [5.74, 6) is -2.12. The minimum Gasteiger partial charge on any atom is -0.480 e. The SMILES string of the molecule is CCN(CC(C)C#N)C(=O)N[C@@H](CCC(=O)OC)C(=O)O. The first-order valence-electron chi connectivity index (χ1n) is 6.60. The van der Waals surface area contributed by atoms with Gasteiger partial charge in [-0.05, 0) is 20.3 Å². The normalized spacial score (nSPS) is 12.7. The lowest BCUT2D eigenvalue weighted by Gasteiger charge is -2.24. The van der Waals surface area contributed by atoms with Crippen molar-refractivity contribution in [3.05, 3.63) is 0 Å². The van der Waals surface area contributed by atoms with Crippen LogP contribution in [0.5, 0.6) is 0 Å². The van der Waals surface area contributed by atoms with Crippen molar-refractivity contribution in [1.29, 1.82) is 5.26 Å². The predicted molar refractivity (Wildman–Crippen MR) is 73.2 cm³/mol. The smallest absolute Gasteiger partial charge is 0.326 e. The Hall–Kier alpha value is -2.30. The molecular weight excluding hydrogens is 278 g/mol. The van der Waals surface area contributed by atoms with E-state index in [1.165, 1.54) is 12.0 Å². The van der Waals surface area contributed by atoms with E-state index in [1.807, 2.05) is 6.07 Å². The average molecular weight is 299 g/mol. The van der Waals surface area contributed by atoms with Gasteiger partial charge in [-0.1, -0.05) is 0 Å². The van der Waals surface area contributed by atoms with Crippen LogP contribution in [0.25, 0.3) is 0 Å². The third kappa shape index (κ3) is 7.15. The number of aliphatic carboxylic acids is 1. The second-order valence-electron chi connectivity index (χ2n) is 4.52. The average Bonchev–Trinajstić information content (AvgIpc) is 2.47. The zero-order valence-electron chi connectivity index (χ0n) is 12.5. The van der Waals surface area contributed by atoms with Crippen LogP contribution in [-0.2, 0) is 14.3 Å². The number of amides is 2. The van der Waals surface area contributed by atoms with Crippen molar-refractivity contribution in [2.75, 3.05) is 20.2 Å². The molecule has 0 fully saturated rings. The molecule has 0 bridgehead atoms. The maximum absolute atomic E-state index is 12.0. The van der Waals surface area contributed by atoms with Gasteiger partial charge in [-0.3, -0.25) is 4.79 Å². The number of carboxylic acids is 1. The molecule has 0 aromatic rings. The standard InChI is InChI=1S/C13H21N3O5/c1-4-16(8-9(2)7-14)13(20)15-10(12(18)19)5-6-11(17)21-3/h9-10H,4-6,8H2,1-3H3,(H,15,20)(H,18,19)/t9?,10-/m0/s1. The molecule has 0 aliphatic rings. The molecule has 1 unspecified atom stereocenters. The molecule has 0 aliphatic heterocycles. The molecule has 0 saturated heterocycles. The lowest BCUT2D eigenvalue weighted by atomic mass is 10.1. The summed E-state index contributed by atoms with van der Waals surface area (Å²) in [4.78, 5) is 35.4. The van der Waals surface area contributed by atoms with Crippen molar-refractivity contribution >= 4 is 18.0 Å². The number of urea groups is 1. The van der Waals surface area contributed by atoms with Crippen LogP contribution >= 0.6 is 0 Å². The maximum Gasteiger partial charge on any atom is 0.326 e. The fraction of sp³-hybridized carbons (Fsp3) is 0.692. The highest BCUT2D eigenvalue weighted by Crippen LogP contribution is 2.03. The number of esters is 1. The van der Waals surface area contributed by atoms with E-state index in [-0.39, 0.29) is 25.3 Å². The zero-order chi connectivity index (χ0) is 16.4. The Labute approximate surface area is 123 Å². The highest BCUT2D eigenvalue weighted by Gasteiger charge is 2.24. The number of nitriles is 1. The highest BCUT2D eigenvalue weighted by atomic mass is 16.5. The van der Waals surface area contributed by atoms with Crippen molar-refractivity contribution in [1.82, 2.24) is 10.2 Å². The quantitative estimate of drug-likeness (QED) is 0.633. The minimum absolute atomic E-state index is 0.0564. The largest absolute Gasteiger partial charge is 0.480 e. The molecule has 0 aromatic heterocycles. The summed E-state index contributed by atoms with van der Waals surface area (Å²) in [6.45, 7) is 3.96. The van der Waals surface area contributed by atoms with E-state index in [4.69, 9.17) is 10.4 Å². The Morgan fingerprint density at radius 2 is 2.05 bits per heavy atom. The Balaban J connectivity index is 4.61. The molecular formula is C13H21N3O5. The molecule has 0 aromatic carbocycles. The first-order chi connectivity index (χ1) is 9.85. The van der Waals surface area contributed by atoms with Crippen LogP contribution in [0.3, 0.4) is 0 Å². The molecule has 2 atom stereocenters. The number of carbonyl (C=O) groups excluding carboxylic acids is 2. The molecule has 0 aliphatic carbocycles. The van der Waals surface area contributed by atoms with E-state index in [2.05, 4.69) is 10.1 Å². The third-order valence-corrected chi connectivity index (χ3v) is 2.84. The van der Waals surface area contributed by atoms with E-state index >= 15 is 0 Å². The van der Waals surface area contributed by atoms with Crippen LogP contribution in [0.1, 0.15) is 26.7 Å². The Bertz CT molecular complexity index is 419. The fourth-order valence-electron chi connectivity index (χ4n) is 1.59. The Kier molecular flexibility index (Phi) is 8.53. The topological polar surface area (TPSA) is 120 Å². The van der Waals surface area contributed by atoms with Crippen LogP contribution in [0.2, 0.25) is 0 Å². The molecule has 0 rings (SSSR count). The fourth-order valence-corrected chi connectivity index (χ4v) is 1.59. The molecule has 8 heteroatoms. The third-order valence-electron chi connectivity index (χ3n) is 2.84. The van der Waals surface area contributed by atoms with E-state index in [9.17, 15) is 14.4 Å². The number of methoxy groups -OCH3 is 1. The van der Waals surface area contributed by atoms with Gasteiger partial charge in [-0.25, -0.2) is 9.59 Å². The molecule has 2 amide bonds. The van der Waals surface area contributed by atoms with Crippen molar-refractivity contribution in [3.63, 3.8) is 0 Å². The van der Waals surface area contributed by atoms with E-state index in [0.29, 0.717) is 6.54 Å². The van der Waals surface area contributed by atoms with Gasteiger partial charge in [0.25, 0.3) is 0 Å². The summed E-state index contributed by atoms with van der Waals surface area (Å²) in [5, 5.41) is 20.1. The summed E-state index contributed by atoms with van der Waals surface area (Å²) in [7, 11) is 1.21. The molecule has 0 saturated carbocycles. The summed E-state index contributed by atoms with van der Waals surface area (Å²) >= 11 is 0. The van der Waals surface area contributed by atoms with Gasteiger partial charge < -0.3 is 20.1 Å². The van der Waals surface area contributed by atoms with Crippen LogP contribution in [0.15, 0.2) is 0 Å². The molecule has 8 nitrogen and oxygen atoms in total. The van der Waals surface area contributed by atoms with Crippen LogP contribution in [0, 0.1) is 17.2 Å². The van der Waals surface area contributed by atoms with Gasteiger partial charge in [-0.2, -0.15) is 5.26 Å². The number of rotatable bonds is 8. The van der Waals surface area contributed by atoms with Crippen LogP contribution < -0.4 is 5.32 Å². The van der Waals surface area contributed by atoms with Gasteiger partial charge >= 0.3 is 18.0 Å². The Morgan fingerprint density at radius 1 is 1.43 bits per heavy atom. The predicted octanol–water partition coefficient (Wildman–Crippen LogP) is 0.584. The Morgan fingerprint density at radius 3 is 2.48 bits per heavy atom. The first-order valence-corrected chi connectivity index (χ1v) is 6.60. The van der Waals surface area contributed by atoms with Gasteiger partial charge in [0, 0.05) is 19.5 Å². The lowest BCUT2D eigenvalue weighted by Crippen LogP contribution is -2.49. The van der Waals surface area contributed by atoms with Crippen molar-refractivity contribution < 1.29 is 24.2 Å². The number of hydrogen-bond donors (Lipinski definition) is 2. The zero-order valence-corrected chi connectivity index (χ0v) is 12.5. The van der Waals surface area contributed by atoms with Crippen molar-refractivity contribution in [3.8, 4) is 6.07 Å². The number of ether oxygens (including phenoxy) is 1. The second kappa shape index (κ2) is 9.58. The number of nitrogens with zero attached hydrogens (tertiary/aromatic N) is 2. The second-order valence-corrected chi connectivity index (χ2v) is 4.52. The van der Waals surface area contributed by atoms with Gasteiger partial charge in [0.1, 0.15) is 6.04 Å². The summed E-state index contributed by atoms with van der Waals surface area (Å²) in [6.07, 6.45) is -0.159. The molecule has 118 valence electrons. The van der Waals surface area contributed by atoms with Gasteiger partial charge in [0.15, 0.2) is 0 Å². The molecule has 0 heterocycles. The van der Waals surface area contributed by atoms with Crippen molar-refractivity contribution in [2.45, 2.75) is 32.7 Å². The lowest BCUT2D eigenvalue weighted by molar-refractivity contribution is -0.142. The molecule has 0 spiro atoms. The minimum atomic E-state index is -1.23. The summed E-state index contributed by atoms with van der Waals surface area (Å²) < 4.78 is 4.43. The molecule has 0 radical (unpaired) electrons. The number of nitrogens with one attached hydrogen (secondary N) is 1. The van der Waals surface area contributed by atoms with Crippen LogP contribution in [0.4, 0.5) is 4.79 Å². The number of carboxylic acid groups (broad SMARTS) is 1. The van der Waals surface area contributed by atoms with Gasteiger partial charge in [0.2, 0.25) is 0 Å². The molecule has 21 heavy (non-hydrogen) atoms. The number of hydrogen-bond acceptors (Lipinski definition) is 5. The van der Waals surface area contributed by atoms with Crippen molar-refractivity contribution in [2.24, 2.45) is 5.92 Å². The number of carbonyl (C=O) groups is 3. The summed E-state index contributed by atoms with van der Waals surface area (Å²) in [5.41, 5.74) is 0. The summed E-state index contributed by atoms with van der Waals surface area (Å²) in [6, 6.07) is 0.259. The molecule has 2 N–H and O–H groups in total. The van der Waals surface area contributed by atoms with Crippen LogP contribution in [-0.4, -0.2) is 54.2 Å². The van der Waals surface area contributed by atoms with E-state index in [1.54, 1.807) is 13.8 Å². The van der Waals surface area contributed by atoms with E-state index in [0.717, 1.165) is 0 Å². The monoisotopic (exact) mass is 299 g/mol. The first kappa shape index (κ1) is 18.7. The highest BCUT2D eigenvalue weighted by molar-refractivity contribution is 5.83. The maximum atomic E-state index is 12.0.